The molecule has 0 aliphatic heterocycles. The highest BCUT2D eigenvalue weighted by atomic mass is 16.4. The minimum Gasteiger partial charge on any atom is -0.469 e. The molecule has 4 N–H and O–H groups in total. The highest BCUT2D eigenvalue weighted by Crippen LogP contribution is 2.10. The molecular weight excluding hydrogens is 234 g/mol. The Labute approximate surface area is 106 Å². The summed E-state index contributed by atoms with van der Waals surface area (Å²) in [5.74, 6) is 0.589. The highest BCUT2D eigenvalue weighted by Gasteiger charge is 2.29. The SMILES string of the molecule is CCC(C)(NC(=O)CCc1ccco1)/C(N)=N/O. The largest absolute Gasteiger partial charge is 0.469 e. The van der Waals surface area contributed by atoms with Gasteiger partial charge in [0.25, 0.3) is 0 Å². The fourth-order valence-corrected chi connectivity index (χ4v) is 1.51. The van der Waals surface area contributed by atoms with Crippen LogP contribution in [0.3, 0.4) is 0 Å². The van der Waals surface area contributed by atoms with Crippen LogP contribution in [-0.4, -0.2) is 22.5 Å². The first-order valence-electron chi connectivity index (χ1n) is 5.83. The van der Waals surface area contributed by atoms with Crippen molar-refractivity contribution in [3.63, 3.8) is 0 Å². The Morgan fingerprint density at radius 1 is 1.67 bits per heavy atom. The molecule has 0 aliphatic carbocycles. The van der Waals surface area contributed by atoms with Crippen LogP contribution in [0.2, 0.25) is 0 Å². The summed E-state index contributed by atoms with van der Waals surface area (Å²) >= 11 is 0. The maximum Gasteiger partial charge on any atom is 0.221 e. The zero-order valence-electron chi connectivity index (χ0n) is 10.6. The molecule has 0 saturated heterocycles. The van der Waals surface area contributed by atoms with Gasteiger partial charge in [0.1, 0.15) is 5.76 Å². The highest BCUT2D eigenvalue weighted by molar-refractivity contribution is 5.93. The van der Waals surface area contributed by atoms with Gasteiger partial charge in [0.15, 0.2) is 5.84 Å². The van der Waals surface area contributed by atoms with Crippen molar-refractivity contribution in [2.45, 2.75) is 38.6 Å². The Balaban J connectivity index is 2.52. The zero-order valence-corrected chi connectivity index (χ0v) is 10.6. The monoisotopic (exact) mass is 253 g/mol. The second-order valence-corrected chi connectivity index (χ2v) is 4.30. The van der Waals surface area contributed by atoms with Gasteiger partial charge >= 0.3 is 0 Å². The van der Waals surface area contributed by atoms with Gasteiger partial charge in [0, 0.05) is 12.8 Å². The summed E-state index contributed by atoms with van der Waals surface area (Å²) in [6, 6.07) is 3.59. The van der Waals surface area contributed by atoms with Gasteiger partial charge in [-0.05, 0) is 25.5 Å². The van der Waals surface area contributed by atoms with E-state index < -0.39 is 5.54 Å². The van der Waals surface area contributed by atoms with Crippen LogP contribution in [0.1, 0.15) is 32.4 Å². The molecular formula is C12H19N3O3. The average molecular weight is 253 g/mol. The number of carbonyl (C=O) groups excluding carboxylic acids is 1. The van der Waals surface area contributed by atoms with E-state index in [1.54, 1.807) is 19.3 Å². The standard InChI is InChI=1S/C12H19N3O3/c1-3-12(2,11(13)15-17)14-10(16)7-6-9-5-4-8-18-9/h4-5,8,17H,3,6-7H2,1-2H3,(H2,13,15)(H,14,16). The van der Waals surface area contributed by atoms with Crippen molar-refractivity contribution in [3.05, 3.63) is 24.2 Å². The fourth-order valence-electron chi connectivity index (χ4n) is 1.51. The van der Waals surface area contributed by atoms with Gasteiger partial charge in [-0.15, -0.1) is 0 Å². The number of amides is 1. The molecule has 0 saturated carbocycles. The lowest BCUT2D eigenvalue weighted by molar-refractivity contribution is -0.122. The third kappa shape index (κ3) is 3.51. The normalized spacial score (nSPS) is 15.1. The van der Waals surface area contributed by atoms with Gasteiger partial charge in [-0.3, -0.25) is 4.79 Å². The topological polar surface area (TPSA) is 101 Å². The molecule has 0 aliphatic rings. The summed E-state index contributed by atoms with van der Waals surface area (Å²) in [5, 5.41) is 14.4. The number of oxime groups is 1. The number of rotatable bonds is 6. The molecule has 1 aromatic rings. The second kappa shape index (κ2) is 6.09. The number of nitrogens with two attached hydrogens (primary N) is 1. The van der Waals surface area contributed by atoms with Crippen LogP contribution < -0.4 is 11.1 Å². The molecule has 100 valence electrons. The van der Waals surface area contributed by atoms with Crippen molar-refractivity contribution in [3.8, 4) is 0 Å². The first kappa shape index (κ1) is 14.1. The van der Waals surface area contributed by atoms with E-state index >= 15 is 0 Å². The van der Waals surface area contributed by atoms with Gasteiger partial charge in [-0.1, -0.05) is 12.1 Å². The van der Waals surface area contributed by atoms with Crippen molar-refractivity contribution in [2.75, 3.05) is 0 Å². The molecule has 0 radical (unpaired) electrons. The molecule has 6 heteroatoms. The summed E-state index contributed by atoms with van der Waals surface area (Å²) < 4.78 is 5.14. The number of nitrogens with zero attached hydrogens (tertiary/aromatic N) is 1. The van der Waals surface area contributed by atoms with Crippen LogP contribution in [-0.2, 0) is 11.2 Å². The van der Waals surface area contributed by atoms with Crippen molar-refractivity contribution in [1.82, 2.24) is 5.32 Å². The third-order valence-electron chi connectivity index (χ3n) is 2.97. The van der Waals surface area contributed by atoms with E-state index in [0.717, 1.165) is 5.76 Å². The van der Waals surface area contributed by atoms with Crippen LogP contribution in [0, 0.1) is 0 Å². The van der Waals surface area contributed by atoms with Crippen LogP contribution >= 0.6 is 0 Å². The van der Waals surface area contributed by atoms with E-state index in [1.807, 2.05) is 13.0 Å². The summed E-state index contributed by atoms with van der Waals surface area (Å²) in [6.45, 7) is 3.57. The molecule has 1 heterocycles. The number of aryl methyl sites for hydroxylation is 1. The Hall–Kier alpha value is -1.98. The van der Waals surface area contributed by atoms with Gasteiger partial charge in [0.2, 0.25) is 5.91 Å². The summed E-state index contributed by atoms with van der Waals surface area (Å²) in [4.78, 5) is 11.8. The van der Waals surface area contributed by atoms with Crippen molar-refractivity contribution >= 4 is 11.7 Å². The van der Waals surface area contributed by atoms with Crippen LogP contribution in [0.15, 0.2) is 28.0 Å². The fraction of sp³-hybridized carbons (Fsp3) is 0.500. The van der Waals surface area contributed by atoms with Gasteiger partial charge in [-0.2, -0.15) is 0 Å². The Bertz CT molecular complexity index is 414. The number of hydrogen-bond donors (Lipinski definition) is 3. The molecule has 1 atom stereocenters. The molecule has 6 nitrogen and oxygen atoms in total. The molecule has 0 bridgehead atoms. The molecule has 1 aromatic heterocycles. The number of amidine groups is 1. The summed E-state index contributed by atoms with van der Waals surface area (Å²) in [7, 11) is 0. The first-order valence-corrected chi connectivity index (χ1v) is 5.83. The predicted molar refractivity (Wildman–Crippen MR) is 67.3 cm³/mol. The van der Waals surface area contributed by atoms with Crippen LogP contribution in [0.25, 0.3) is 0 Å². The average Bonchev–Trinajstić information content (AvgIpc) is 2.88. The summed E-state index contributed by atoms with van der Waals surface area (Å²) in [5.41, 5.74) is 4.74. The maximum atomic E-state index is 11.8. The molecule has 1 rings (SSSR count). The van der Waals surface area contributed by atoms with Crippen molar-refractivity contribution in [2.24, 2.45) is 10.9 Å². The molecule has 0 aromatic carbocycles. The number of furan rings is 1. The van der Waals surface area contributed by atoms with E-state index in [-0.39, 0.29) is 11.7 Å². The van der Waals surface area contributed by atoms with Gasteiger partial charge in [-0.25, -0.2) is 0 Å². The Kier molecular flexibility index (Phi) is 4.76. The molecule has 1 unspecified atom stereocenters. The molecule has 1 amide bonds. The maximum absolute atomic E-state index is 11.8. The summed E-state index contributed by atoms with van der Waals surface area (Å²) in [6.07, 6.45) is 2.92. The van der Waals surface area contributed by atoms with E-state index in [0.29, 0.717) is 19.3 Å². The Morgan fingerprint density at radius 3 is 2.89 bits per heavy atom. The smallest absolute Gasteiger partial charge is 0.221 e. The lowest BCUT2D eigenvalue weighted by Gasteiger charge is -2.27. The quantitative estimate of drug-likeness (QED) is 0.307. The molecule has 0 fully saturated rings. The van der Waals surface area contributed by atoms with E-state index in [2.05, 4.69) is 10.5 Å². The lowest BCUT2D eigenvalue weighted by atomic mass is 9.97. The minimum atomic E-state index is -0.824. The number of nitrogens with one attached hydrogen (secondary N) is 1. The van der Waals surface area contributed by atoms with E-state index in [9.17, 15) is 4.79 Å². The molecule has 0 spiro atoms. The predicted octanol–water partition coefficient (Wildman–Crippen LogP) is 1.24. The van der Waals surface area contributed by atoms with Crippen molar-refractivity contribution in [1.29, 1.82) is 0 Å². The second-order valence-electron chi connectivity index (χ2n) is 4.30. The minimum absolute atomic E-state index is 0.00338. The van der Waals surface area contributed by atoms with Crippen LogP contribution in [0.5, 0.6) is 0 Å². The number of carbonyl (C=O) groups is 1. The first-order chi connectivity index (χ1) is 8.51. The third-order valence-corrected chi connectivity index (χ3v) is 2.97. The van der Waals surface area contributed by atoms with E-state index in [4.69, 9.17) is 15.4 Å². The lowest BCUT2D eigenvalue weighted by Crippen LogP contribution is -2.55. The molecule has 18 heavy (non-hydrogen) atoms. The van der Waals surface area contributed by atoms with E-state index in [1.165, 1.54) is 0 Å². The zero-order chi connectivity index (χ0) is 13.6. The number of hydrogen-bond acceptors (Lipinski definition) is 4. The Morgan fingerprint density at radius 2 is 2.39 bits per heavy atom. The van der Waals surface area contributed by atoms with Gasteiger partial charge < -0.3 is 20.7 Å². The van der Waals surface area contributed by atoms with Crippen molar-refractivity contribution < 1.29 is 14.4 Å². The van der Waals surface area contributed by atoms with Gasteiger partial charge in [0.05, 0.1) is 11.8 Å². The van der Waals surface area contributed by atoms with Crippen LogP contribution in [0.4, 0.5) is 0 Å².